The second-order valence-corrected chi connectivity index (χ2v) is 10.2. The van der Waals surface area contributed by atoms with Crippen LogP contribution in [0.2, 0.25) is 0 Å². The van der Waals surface area contributed by atoms with Gasteiger partial charge in [0, 0.05) is 5.69 Å². The highest BCUT2D eigenvalue weighted by Crippen LogP contribution is 2.18. The molecule has 0 saturated heterocycles. The predicted molar refractivity (Wildman–Crippen MR) is 148 cm³/mol. The van der Waals surface area contributed by atoms with Gasteiger partial charge in [0.15, 0.2) is 0 Å². The average molecular weight is 450 g/mol. The van der Waals surface area contributed by atoms with Crippen LogP contribution in [0.3, 0.4) is 0 Å². The molecule has 1 heteroatoms. The molecule has 0 spiro atoms. The lowest BCUT2D eigenvalue weighted by Gasteiger charge is -2.08. The number of aryl methyl sites for hydroxylation is 2. The van der Waals surface area contributed by atoms with Crippen molar-refractivity contribution in [1.29, 1.82) is 0 Å². The number of nitrogen functional groups attached to an aromatic ring is 1. The molecule has 0 fully saturated rings. The van der Waals surface area contributed by atoms with Gasteiger partial charge in [-0.2, -0.15) is 0 Å². The van der Waals surface area contributed by atoms with E-state index in [2.05, 4.69) is 50.2 Å². The van der Waals surface area contributed by atoms with Crippen LogP contribution < -0.4 is 5.73 Å². The van der Waals surface area contributed by atoms with E-state index in [0.29, 0.717) is 0 Å². The molecule has 0 aliphatic carbocycles. The van der Waals surface area contributed by atoms with Crippen LogP contribution in [0.15, 0.2) is 42.5 Å². The van der Waals surface area contributed by atoms with Crippen LogP contribution in [0, 0.1) is 6.92 Å². The Morgan fingerprint density at radius 2 is 1.00 bits per heavy atom. The SMILES string of the molecule is CCCCCCCCCCCCCCCCCCc1ccc(Cc2ccc(N)cc2C)cc1. The highest BCUT2D eigenvalue weighted by atomic mass is 14.5. The molecule has 0 saturated carbocycles. The second-order valence-electron chi connectivity index (χ2n) is 10.2. The molecule has 0 bridgehead atoms. The third kappa shape index (κ3) is 12.9. The summed E-state index contributed by atoms with van der Waals surface area (Å²) in [6, 6.07) is 15.5. The molecular formula is C32H51N. The summed E-state index contributed by atoms with van der Waals surface area (Å²) in [6.45, 7) is 4.45. The van der Waals surface area contributed by atoms with E-state index in [1.807, 2.05) is 6.07 Å². The van der Waals surface area contributed by atoms with Crippen molar-refractivity contribution in [3.05, 3.63) is 64.7 Å². The molecule has 184 valence electrons. The average Bonchev–Trinajstić information content (AvgIpc) is 2.81. The van der Waals surface area contributed by atoms with Gasteiger partial charge in [-0.1, -0.05) is 134 Å². The summed E-state index contributed by atoms with van der Waals surface area (Å²) < 4.78 is 0. The number of hydrogen-bond donors (Lipinski definition) is 1. The first-order chi connectivity index (χ1) is 16.2. The number of hydrogen-bond acceptors (Lipinski definition) is 1. The van der Waals surface area contributed by atoms with Crippen molar-refractivity contribution in [1.82, 2.24) is 0 Å². The number of nitrogens with two attached hydrogens (primary N) is 1. The Hall–Kier alpha value is -1.76. The molecule has 0 atom stereocenters. The minimum absolute atomic E-state index is 0.852. The third-order valence-electron chi connectivity index (χ3n) is 7.10. The molecule has 2 N–H and O–H groups in total. The zero-order valence-corrected chi connectivity index (χ0v) is 21.8. The molecule has 0 aliphatic rings. The van der Waals surface area contributed by atoms with Gasteiger partial charge in [0.25, 0.3) is 0 Å². The Balaban J connectivity index is 1.42. The Bertz CT molecular complexity index is 731. The van der Waals surface area contributed by atoms with Gasteiger partial charge in [-0.25, -0.2) is 0 Å². The topological polar surface area (TPSA) is 26.0 Å². The van der Waals surface area contributed by atoms with Crippen molar-refractivity contribution in [3.8, 4) is 0 Å². The highest BCUT2D eigenvalue weighted by Gasteiger charge is 2.02. The maximum absolute atomic E-state index is 5.87. The Morgan fingerprint density at radius 3 is 1.48 bits per heavy atom. The number of anilines is 1. The summed E-state index contributed by atoms with van der Waals surface area (Å²) >= 11 is 0. The summed E-state index contributed by atoms with van der Waals surface area (Å²) in [5, 5.41) is 0. The van der Waals surface area contributed by atoms with Gasteiger partial charge in [0.1, 0.15) is 0 Å². The van der Waals surface area contributed by atoms with Gasteiger partial charge in [-0.15, -0.1) is 0 Å². The van der Waals surface area contributed by atoms with E-state index in [1.165, 1.54) is 131 Å². The Labute approximate surface area is 205 Å². The summed E-state index contributed by atoms with van der Waals surface area (Å²) in [6.07, 6.45) is 25.1. The molecule has 0 unspecified atom stereocenters. The molecule has 0 heterocycles. The zero-order chi connectivity index (χ0) is 23.6. The Kier molecular flexibility index (Phi) is 14.7. The maximum Gasteiger partial charge on any atom is 0.0316 e. The van der Waals surface area contributed by atoms with Crippen molar-refractivity contribution in [3.63, 3.8) is 0 Å². The fraction of sp³-hybridized carbons (Fsp3) is 0.625. The monoisotopic (exact) mass is 449 g/mol. The highest BCUT2D eigenvalue weighted by molar-refractivity contribution is 5.45. The summed E-state index contributed by atoms with van der Waals surface area (Å²) in [7, 11) is 0. The largest absolute Gasteiger partial charge is 0.399 e. The van der Waals surface area contributed by atoms with Gasteiger partial charge in [0.2, 0.25) is 0 Å². The van der Waals surface area contributed by atoms with Gasteiger partial charge in [0.05, 0.1) is 0 Å². The van der Waals surface area contributed by atoms with Gasteiger partial charge < -0.3 is 5.73 Å². The molecule has 2 aromatic carbocycles. The second kappa shape index (κ2) is 17.7. The normalized spacial score (nSPS) is 11.2. The zero-order valence-electron chi connectivity index (χ0n) is 21.8. The van der Waals surface area contributed by atoms with Crippen LogP contribution >= 0.6 is 0 Å². The standard InChI is InChI=1S/C32H51N/c1-3-4-5-6-7-8-9-10-11-12-13-14-15-16-17-18-19-29-20-22-30(23-21-29)27-31-24-25-32(33)26-28(31)2/h20-26H,3-19,27,33H2,1-2H3. The van der Waals surface area contributed by atoms with Crippen molar-refractivity contribution >= 4 is 5.69 Å². The smallest absolute Gasteiger partial charge is 0.0316 e. The lowest BCUT2D eigenvalue weighted by atomic mass is 9.98. The van der Waals surface area contributed by atoms with Gasteiger partial charge in [-0.3, -0.25) is 0 Å². The third-order valence-corrected chi connectivity index (χ3v) is 7.10. The quantitative estimate of drug-likeness (QED) is 0.167. The first kappa shape index (κ1) is 27.5. The minimum Gasteiger partial charge on any atom is -0.399 e. The molecule has 1 nitrogen and oxygen atoms in total. The number of unbranched alkanes of at least 4 members (excludes halogenated alkanes) is 15. The van der Waals surface area contributed by atoms with Crippen LogP contribution in [0.5, 0.6) is 0 Å². The summed E-state index contributed by atoms with van der Waals surface area (Å²) in [4.78, 5) is 0. The fourth-order valence-electron chi connectivity index (χ4n) is 4.84. The Morgan fingerprint density at radius 1 is 0.545 bits per heavy atom. The van der Waals surface area contributed by atoms with Crippen molar-refractivity contribution in [2.24, 2.45) is 0 Å². The van der Waals surface area contributed by atoms with Crippen molar-refractivity contribution in [2.45, 2.75) is 129 Å². The van der Waals surface area contributed by atoms with Gasteiger partial charge >= 0.3 is 0 Å². The minimum atomic E-state index is 0.852. The van der Waals surface area contributed by atoms with Crippen LogP contribution in [0.25, 0.3) is 0 Å². The molecular weight excluding hydrogens is 398 g/mol. The van der Waals surface area contributed by atoms with Crippen molar-refractivity contribution in [2.75, 3.05) is 5.73 Å². The van der Waals surface area contributed by atoms with Gasteiger partial charge in [-0.05, 0) is 60.6 Å². The first-order valence-electron chi connectivity index (χ1n) is 14.1. The van der Waals surface area contributed by atoms with Crippen LogP contribution in [0.4, 0.5) is 5.69 Å². The lowest BCUT2D eigenvalue weighted by Crippen LogP contribution is -1.95. The molecule has 0 aromatic heterocycles. The van der Waals surface area contributed by atoms with E-state index in [9.17, 15) is 0 Å². The molecule has 2 aromatic rings. The maximum atomic E-state index is 5.87. The molecule has 0 aliphatic heterocycles. The molecule has 33 heavy (non-hydrogen) atoms. The first-order valence-corrected chi connectivity index (χ1v) is 14.1. The molecule has 0 radical (unpaired) electrons. The predicted octanol–water partition coefficient (Wildman–Crippen LogP) is 9.97. The van der Waals surface area contributed by atoms with E-state index in [-0.39, 0.29) is 0 Å². The van der Waals surface area contributed by atoms with Crippen LogP contribution in [0.1, 0.15) is 132 Å². The van der Waals surface area contributed by atoms with Crippen molar-refractivity contribution < 1.29 is 0 Å². The fourth-order valence-corrected chi connectivity index (χ4v) is 4.84. The van der Waals surface area contributed by atoms with E-state index < -0.39 is 0 Å². The molecule has 0 amide bonds. The number of rotatable bonds is 19. The van der Waals surface area contributed by atoms with E-state index >= 15 is 0 Å². The van der Waals surface area contributed by atoms with E-state index in [4.69, 9.17) is 5.73 Å². The summed E-state index contributed by atoms with van der Waals surface area (Å²) in [5.74, 6) is 0. The van der Waals surface area contributed by atoms with E-state index in [1.54, 1.807) is 0 Å². The van der Waals surface area contributed by atoms with E-state index in [0.717, 1.165) is 12.1 Å². The molecule has 2 rings (SSSR count). The summed E-state index contributed by atoms with van der Waals surface area (Å²) in [5.41, 5.74) is 12.3. The van der Waals surface area contributed by atoms with Crippen LogP contribution in [-0.2, 0) is 12.8 Å². The van der Waals surface area contributed by atoms with Crippen LogP contribution in [-0.4, -0.2) is 0 Å². The number of benzene rings is 2. The lowest BCUT2D eigenvalue weighted by molar-refractivity contribution is 0.529.